The minimum absolute atomic E-state index is 0.179. The molecule has 4 nitrogen and oxygen atoms in total. The van der Waals surface area contributed by atoms with Gasteiger partial charge in [-0.25, -0.2) is 0 Å². The highest BCUT2D eigenvalue weighted by Gasteiger charge is 2.36. The van der Waals surface area contributed by atoms with Crippen molar-refractivity contribution < 1.29 is 9.53 Å². The molecule has 19 heavy (non-hydrogen) atoms. The number of nitrogens with zero attached hydrogens (tertiary/aromatic N) is 1. The number of likely N-dealkylation sites (N-methyl/N-ethyl adjacent to an activating group) is 1. The van der Waals surface area contributed by atoms with Gasteiger partial charge in [-0.15, -0.1) is 0 Å². The zero-order chi connectivity index (χ0) is 15.1. The normalized spacial score (nSPS) is 16.5. The van der Waals surface area contributed by atoms with E-state index in [-0.39, 0.29) is 5.97 Å². The Bertz CT molecular complexity index is 269. The zero-order valence-corrected chi connectivity index (χ0v) is 13.7. The van der Waals surface area contributed by atoms with Gasteiger partial charge >= 0.3 is 5.97 Å². The van der Waals surface area contributed by atoms with Crippen molar-refractivity contribution in [2.24, 2.45) is 5.92 Å². The van der Waals surface area contributed by atoms with Gasteiger partial charge in [0.1, 0.15) is 5.54 Å². The first kappa shape index (κ1) is 18.4. The lowest BCUT2D eigenvalue weighted by Crippen LogP contribution is -2.54. The molecule has 1 N–H and O–H groups in total. The van der Waals surface area contributed by atoms with Crippen LogP contribution in [-0.2, 0) is 9.53 Å². The van der Waals surface area contributed by atoms with Gasteiger partial charge in [0.2, 0.25) is 0 Å². The number of methoxy groups -OCH3 is 1. The number of ether oxygens (including phenoxy) is 1. The maximum Gasteiger partial charge on any atom is 0.325 e. The standard InChI is InChI=1S/C15H32N2O2/c1-8-16-15(6,14(18)19-7)10-13(5)17(9-2)11-12(3)4/h12-13,16H,8-11H2,1-7H3. The second kappa shape index (κ2) is 8.54. The van der Waals surface area contributed by atoms with Crippen molar-refractivity contribution in [2.45, 2.75) is 59.5 Å². The van der Waals surface area contributed by atoms with Crippen LogP contribution in [0.4, 0.5) is 0 Å². The Kier molecular flexibility index (Phi) is 8.26. The van der Waals surface area contributed by atoms with Crippen molar-refractivity contribution in [3.63, 3.8) is 0 Å². The highest BCUT2D eigenvalue weighted by Crippen LogP contribution is 2.19. The van der Waals surface area contributed by atoms with Crippen LogP contribution in [0.3, 0.4) is 0 Å². The van der Waals surface area contributed by atoms with Gasteiger partial charge in [-0.3, -0.25) is 4.79 Å². The van der Waals surface area contributed by atoms with Gasteiger partial charge < -0.3 is 15.0 Å². The Balaban J connectivity index is 4.77. The van der Waals surface area contributed by atoms with E-state index in [9.17, 15) is 4.79 Å². The molecule has 0 amide bonds. The number of carbonyl (C=O) groups excluding carboxylic acids is 1. The molecule has 0 spiro atoms. The third kappa shape index (κ3) is 5.91. The molecule has 0 heterocycles. The van der Waals surface area contributed by atoms with Crippen molar-refractivity contribution >= 4 is 5.97 Å². The monoisotopic (exact) mass is 272 g/mol. The number of esters is 1. The van der Waals surface area contributed by atoms with Crippen molar-refractivity contribution in [1.82, 2.24) is 10.2 Å². The first-order valence-corrected chi connectivity index (χ1v) is 7.38. The molecule has 4 heteroatoms. The van der Waals surface area contributed by atoms with E-state index >= 15 is 0 Å². The Morgan fingerprint density at radius 1 is 1.32 bits per heavy atom. The molecule has 0 aliphatic heterocycles. The molecule has 0 fully saturated rings. The second-order valence-electron chi connectivity index (χ2n) is 5.89. The predicted octanol–water partition coefficient (Wildman–Crippen LogP) is 2.28. The third-order valence-corrected chi connectivity index (χ3v) is 3.54. The summed E-state index contributed by atoms with van der Waals surface area (Å²) in [5.41, 5.74) is -0.604. The van der Waals surface area contributed by atoms with Crippen LogP contribution in [0.2, 0.25) is 0 Å². The molecule has 2 unspecified atom stereocenters. The molecule has 0 radical (unpaired) electrons. The molecule has 0 aliphatic rings. The van der Waals surface area contributed by atoms with Crippen molar-refractivity contribution in [3.05, 3.63) is 0 Å². The molecular weight excluding hydrogens is 240 g/mol. The molecule has 0 aliphatic carbocycles. The van der Waals surface area contributed by atoms with Gasteiger partial charge in [-0.2, -0.15) is 0 Å². The van der Waals surface area contributed by atoms with Crippen molar-refractivity contribution in [2.75, 3.05) is 26.7 Å². The molecule has 0 aromatic rings. The molecule has 0 aromatic heterocycles. The van der Waals surface area contributed by atoms with Crippen LogP contribution in [0.25, 0.3) is 0 Å². The second-order valence-corrected chi connectivity index (χ2v) is 5.89. The van der Waals surface area contributed by atoms with E-state index in [0.29, 0.717) is 12.0 Å². The topological polar surface area (TPSA) is 41.6 Å². The first-order valence-electron chi connectivity index (χ1n) is 7.38. The van der Waals surface area contributed by atoms with Crippen molar-refractivity contribution in [3.8, 4) is 0 Å². The highest BCUT2D eigenvalue weighted by molar-refractivity contribution is 5.80. The highest BCUT2D eigenvalue weighted by atomic mass is 16.5. The van der Waals surface area contributed by atoms with Crippen LogP contribution < -0.4 is 5.32 Å². The van der Waals surface area contributed by atoms with Crippen LogP contribution in [0.15, 0.2) is 0 Å². The SMILES string of the molecule is CCNC(C)(CC(C)N(CC)CC(C)C)C(=O)OC. The summed E-state index contributed by atoms with van der Waals surface area (Å²) in [6, 6.07) is 0.343. The fourth-order valence-corrected chi connectivity index (χ4v) is 2.65. The maximum atomic E-state index is 12.0. The zero-order valence-electron chi connectivity index (χ0n) is 13.7. The van der Waals surface area contributed by atoms with E-state index in [1.54, 1.807) is 0 Å². The summed E-state index contributed by atoms with van der Waals surface area (Å²) in [5.74, 6) is 0.452. The van der Waals surface area contributed by atoms with Crippen LogP contribution in [-0.4, -0.2) is 49.2 Å². The summed E-state index contributed by atoms with van der Waals surface area (Å²) < 4.78 is 4.94. The van der Waals surface area contributed by atoms with Gasteiger partial charge in [0.15, 0.2) is 0 Å². The lowest BCUT2D eigenvalue weighted by molar-refractivity contribution is -0.148. The lowest BCUT2D eigenvalue weighted by atomic mass is 9.92. The molecule has 0 saturated heterocycles. The molecule has 2 atom stereocenters. The van der Waals surface area contributed by atoms with E-state index < -0.39 is 5.54 Å². The largest absolute Gasteiger partial charge is 0.468 e. The average molecular weight is 272 g/mol. The Hall–Kier alpha value is -0.610. The Morgan fingerprint density at radius 2 is 1.89 bits per heavy atom. The summed E-state index contributed by atoms with van der Waals surface area (Å²) in [6.45, 7) is 15.6. The fraction of sp³-hybridized carbons (Fsp3) is 0.933. The Morgan fingerprint density at radius 3 is 2.26 bits per heavy atom. The van der Waals surface area contributed by atoms with Crippen molar-refractivity contribution in [1.29, 1.82) is 0 Å². The average Bonchev–Trinajstić information content (AvgIpc) is 2.34. The smallest absolute Gasteiger partial charge is 0.325 e. The molecule has 0 aromatic carbocycles. The maximum absolute atomic E-state index is 12.0. The number of nitrogens with one attached hydrogen (secondary N) is 1. The van der Waals surface area contributed by atoms with Gasteiger partial charge in [-0.1, -0.05) is 27.7 Å². The van der Waals surface area contributed by atoms with E-state index in [4.69, 9.17) is 4.74 Å². The van der Waals surface area contributed by atoms with Crippen LogP contribution in [0.1, 0.15) is 48.0 Å². The number of hydrogen-bond donors (Lipinski definition) is 1. The van der Waals surface area contributed by atoms with Gasteiger partial charge in [0.05, 0.1) is 7.11 Å². The number of carbonyl (C=O) groups is 1. The summed E-state index contributed by atoms with van der Waals surface area (Å²) >= 11 is 0. The molecule has 0 rings (SSSR count). The summed E-state index contributed by atoms with van der Waals surface area (Å²) in [5, 5.41) is 3.27. The van der Waals surface area contributed by atoms with Gasteiger partial charge in [-0.05, 0) is 39.3 Å². The Labute approximate surface area is 118 Å². The fourth-order valence-electron chi connectivity index (χ4n) is 2.65. The number of rotatable bonds is 9. The molecular formula is C15H32N2O2. The summed E-state index contributed by atoms with van der Waals surface area (Å²) in [7, 11) is 1.45. The minimum atomic E-state index is -0.604. The van der Waals surface area contributed by atoms with Gasteiger partial charge in [0, 0.05) is 12.6 Å². The summed E-state index contributed by atoms with van der Waals surface area (Å²) in [6.07, 6.45) is 0.758. The van der Waals surface area contributed by atoms with Gasteiger partial charge in [0.25, 0.3) is 0 Å². The van der Waals surface area contributed by atoms with Crippen LogP contribution >= 0.6 is 0 Å². The first-order chi connectivity index (χ1) is 8.80. The lowest BCUT2D eigenvalue weighted by Gasteiger charge is -2.36. The summed E-state index contributed by atoms with van der Waals surface area (Å²) in [4.78, 5) is 14.4. The van der Waals surface area contributed by atoms with E-state index in [2.05, 4.69) is 37.9 Å². The van der Waals surface area contributed by atoms with E-state index in [1.165, 1.54) is 7.11 Å². The minimum Gasteiger partial charge on any atom is -0.468 e. The predicted molar refractivity (Wildman–Crippen MR) is 80.3 cm³/mol. The quantitative estimate of drug-likeness (QED) is 0.654. The number of hydrogen-bond acceptors (Lipinski definition) is 4. The molecule has 0 bridgehead atoms. The third-order valence-electron chi connectivity index (χ3n) is 3.54. The van der Waals surface area contributed by atoms with E-state index in [1.807, 2.05) is 13.8 Å². The van der Waals surface area contributed by atoms with Crippen LogP contribution in [0, 0.1) is 5.92 Å². The van der Waals surface area contributed by atoms with Crippen LogP contribution in [0.5, 0.6) is 0 Å². The van der Waals surface area contributed by atoms with E-state index in [0.717, 1.165) is 26.1 Å². The molecule has 114 valence electrons. The molecule has 0 saturated carbocycles.